The Morgan fingerprint density at radius 2 is 1.97 bits per heavy atom. The Kier molecular flexibility index (Phi) is 5.10. The summed E-state index contributed by atoms with van der Waals surface area (Å²) < 4.78 is 13.2. The molecule has 3 aromatic carbocycles. The molecule has 2 heterocycles. The summed E-state index contributed by atoms with van der Waals surface area (Å²) in [6.45, 7) is 6.60. The number of hydrogen-bond donors (Lipinski definition) is 1. The second-order valence-corrected chi connectivity index (χ2v) is 9.74. The molecule has 0 atom stereocenters. The molecular weight excluding hydrogens is 420 g/mol. The molecule has 1 N–H and O–H groups in total. The summed E-state index contributed by atoms with van der Waals surface area (Å²) in [4.78, 5) is 17.1. The van der Waals surface area contributed by atoms with Crippen LogP contribution in [0.1, 0.15) is 40.9 Å². The maximum absolute atomic E-state index is 12.6. The molecule has 32 heavy (non-hydrogen) atoms. The number of nitrogens with zero attached hydrogens (tertiary/aromatic N) is 1. The van der Waals surface area contributed by atoms with Gasteiger partial charge in [-0.05, 0) is 62.2 Å². The smallest absolute Gasteiger partial charge is 0.257 e. The molecule has 0 spiro atoms. The zero-order valence-electron chi connectivity index (χ0n) is 18.3. The van der Waals surface area contributed by atoms with Crippen LogP contribution < -0.4 is 14.8 Å². The van der Waals surface area contributed by atoms with E-state index in [0.717, 1.165) is 33.7 Å². The number of hydrogen-bond acceptors (Lipinski definition) is 5. The third-order valence-corrected chi connectivity index (χ3v) is 6.36. The Bertz CT molecular complexity index is 1310. The van der Waals surface area contributed by atoms with Crippen molar-refractivity contribution in [2.75, 3.05) is 5.32 Å². The largest absolute Gasteiger partial charge is 0.485 e. The molecule has 0 aliphatic carbocycles. The van der Waals surface area contributed by atoms with Gasteiger partial charge in [-0.2, -0.15) is 0 Å². The number of benzene rings is 3. The third kappa shape index (κ3) is 4.18. The van der Waals surface area contributed by atoms with Crippen LogP contribution >= 0.6 is 11.3 Å². The van der Waals surface area contributed by atoms with Crippen LogP contribution in [0.2, 0.25) is 0 Å². The number of carbonyl (C=O) groups is 1. The highest BCUT2D eigenvalue weighted by atomic mass is 32.1. The van der Waals surface area contributed by atoms with E-state index in [9.17, 15) is 4.79 Å². The second kappa shape index (κ2) is 7.95. The zero-order chi connectivity index (χ0) is 22.3. The van der Waals surface area contributed by atoms with Crippen molar-refractivity contribution in [3.63, 3.8) is 0 Å². The standard InChI is InChI=1S/C26H24N2O3S/c1-16-7-12-20-22(13-16)32-25(27-20)28-24(29)18-10-8-17(9-11-18)15-30-21-6-4-5-19-14-26(2,3)31-23(19)21/h4-13H,14-15H2,1-3H3,(H,27,28,29). The Morgan fingerprint density at radius 3 is 2.78 bits per heavy atom. The first-order valence-corrected chi connectivity index (χ1v) is 11.4. The van der Waals surface area contributed by atoms with E-state index < -0.39 is 0 Å². The third-order valence-electron chi connectivity index (χ3n) is 5.43. The van der Waals surface area contributed by atoms with Gasteiger partial charge in [0, 0.05) is 17.5 Å². The van der Waals surface area contributed by atoms with Gasteiger partial charge >= 0.3 is 0 Å². The van der Waals surface area contributed by atoms with Crippen molar-refractivity contribution in [3.05, 3.63) is 82.9 Å². The number of rotatable bonds is 5. The molecule has 1 aliphatic heterocycles. The van der Waals surface area contributed by atoms with E-state index in [1.54, 1.807) is 12.1 Å². The topological polar surface area (TPSA) is 60.5 Å². The summed E-state index contributed by atoms with van der Waals surface area (Å²) in [5, 5.41) is 3.50. The van der Waals surface area contributed by atoms with Crippen LogP contribution in [0, 0.1) is 6.92 Å². The van der Waals surface area contributed by atoms with Crippen LogP contribution in [-0.4, -0.2) is 16.5 Å². The van der Waals surface area contributed by atoms with E-state index in [-0.39, 0.29) is 11.5 Å². The second-order valence-electron chi connectivity index (χ2n) is 8.71. The highest BCUT2D eigenvalue weighted by Crippen LogP contribution is 2.42. The van der Waals surface area contributed by atoms with Gasteiger partial charge in [-0.15, -0.1) is 0 Å². The first-order valence-electron chi connectivity index (χ1n) is 10.6. The molecule has 0 saturated heterocycles. The predicted molar refractivity (Wildman–Crippen MR) is 128 cm³/mol. The predicted octanol–water partition coefficient (Wildman–Crippen LogP) is 6.15. The summed E-state index contributed by atoms with van der Waals surface area (Å²) >= 11 is 1.48. The van der Waals surface area contributed by atoms with Crippen LogP contribution in [0.5, 0.6) is 11.5 Å². The maximum atomic E-state index is 12.6. The van der Waals surface area contributed by atoms with Crippen LogP contribution in [-0.2, 0) is 13.0 Å². The minimum Gasteiger partial charge on any atom is -0.485 e. The molecule has 1 aromatic heterocycles. The average molecular weight is 445 g/mol. The van der Waals surface area contributed by atoms with E-state index in [2.05, 4.69) is 36.3 Å². The van der Waals surface area contributed by atoms with Gasteiger partial charge in [0.15, 0.2) is 16.6 Å². The highest BCUT2D eigenvalue weighted by molar-refractivity contribution is 7.22. The molecule has 0 bridgehead atoms. The highest BCUT2D eigenvalue weighted by Gasteiger charge is 2.32. The number of thiazole rings is 1. The van der Waals surface area contributed by atoms with Gasteiger partial charge in [0.1, 0.15) is 12.2 Å². The molecule has 4 aromatic rings. The molecule has 1 amide bonds. The van der Waals surface area contributed by atoms with Crippen molar-refractivity contribution in [2.45, 2.75) is 39.4 Å². The van der Waals surface area contributed by atoms with Crippen LogP contribution in [0.15, 0.2) is 60.7 Å². The Morgan fingerprint density at radius 1 is 1.16 bits per heavy atom. The summed E-state index contributed by atoms with van der Waals surface area (Å²) in [7, 11) is 0. The van der Waals surface area contributed by atoms with Gasteiger partial charge < -0.3 is 9.47 Å². The fourth-order valence-electron chi connectivity index (χ4n) is 3.87. The molecule has 0 unspecified atom stereocenters. The lowest BCUT2D eigenvalue weighted by Gasteiger charge is -2.18. The molecule has 0 fully saturated rings. The van der Waals surface area contributed by atoms with Crippen molar-refractivity contribution in [3.8, 4) is 11.5 Å². The summed E-state index contributed by atoms with van der Waals surface area (Å²) in [5.74, 6) is 1.41. The number of anilines is 1. The van der Waals surface area contributed by atoms with E-state index in [4.69, 9.17) is 9.47 Å². The molecule has 0 saturated carbocycles. The molecule has 6 heteroatoms. The van der Waals surface area contributed by atoms with Gasteiger partial charge in [0.05, 0.1) is 10.2 Å². The summed E-state index contributed by atoms with van der Waals surface area (Å²) in [6, 6.07) is 19.5. The normalized spacial score (nSPS) is 14.1. The number of carbonyl (C=O) groups excluding carboxylic acids is 1. The molecule has 0 radical (unpaired) electrons. The van der Waals surface area contributed by atoms with Gasteiger partial charge in [0.25, 0.3) is 5.91 Å². The van der Waals surface area contributed by atoms with Crippen molar-refractivity contribution >= 4 is 32.6 Å². The lowest BCUT2D eigenvalue weighted by atomic mass is 10.0. The number of nitrogens with one attached hydrogen (secondary N) is 1. The minimum atomic E-state index is -0.209. The van der Waals surface area contributed by atoms with E-state index >= 15 is 0 Å². The Labute approximate surface area is 191 Å². The van der Waals surface area contributed by atoms with E-state index in [0.29, 0.717) is 17.3 Å². The van der Waals surface area contributed by atoms with Gasteiger partial charge in [-0.3, -0.25) is 10.1 Å². The van der Waals surface area contributed by atoms with Crippen molar-refractivity contribution in [1.29, 1.82) is 0 Å². The van der Waals surface area contributed by atoms with Gasteiger partial charge in [0.2, 0.25) is 0 Å². The lowest BCUT2D eigenvalue weighted by Crippen LogP contribution is -2.24. The Hall–Kier alpha value is -3.38. The average Bonchev–Trinajstić information content (AvgIpc) is 3.30. The zero-order valence-corrected chi connectivity index (χ0v) is 19.1. The van der Waals surface area contributed by atoms with E-state index in [1.165, 1.54) is 22.5 Å². The molecule has 5 rings (SSSR count). The minimum absolute atomic E-state index is 0.176. The van der Waals surface area contributed by atoms with E-state index in [1.807, 2.05) is 43.3 Å². The number of para-hydroxylation sites is 1. The van der Waals surface area contributed by atoms with Crippen LogP contribution in [0.4, 0.5) is 5.13 Å². The monoisotopic (exact) mass is 444 g/mol. The molecular formula is C26H24N2O3S. The number of aryl methyl sites for hydroxylation is 1. The van der Waals surface area contributed by atoms with Gasteiger partial charge in [-0.25, -0.2) is 4.98 Å². The maximum Gasteiger partial charge on any atom is 0.257 e. The summed E-state index contributed by atoms with van der Waals surface area (Å²) in [5.41, 5.74) is 4.58. The van der Waals surface area contributed by atoms with Crippen molar-refractivity contribution < 1.29 is 14.3 Å². The molecule has 162 valence electrons. The summed E-state index contributed by atoms with van der Waals surface area (Å²) in [6.07, 6.45) is 0.873. The first-order chi connectivity index (χ1) is 15.4. The fraction of sp³-hybridized carbons (Fsp3) is 0.231. The van der Waals surface area contributed by atoms with Crippen LogP contribution in [0.3, 0.4) is 0 Å². The number of fused-ring (bicyclic) bond motifs is 2. The quantitative estimate of drug-likeness (QED) is 0.401. The first kappa shape index (κ1) is 20.5. The number of aromatic nitrogens is 1. The van der Waals surface area contributed by atoms with Crippen molar-refractivity contribution in [2.24, 2.45) is 0 Å². The SMILES string of the molecule is Cc1ccc2nc(NC(=O)c3ccc(COc4cccc5c4OC(C)(C)C5)cc3)sc2c1. The van der Waals surface area contributed by atoms with Crippen molar-refractivity contribution in [1.82, 2.24) is 4.98 Å². The van der Waals surface area contributed by atoms with Crippen LogP contribution in [0.25, 0.3) is 10.2 Å². The molecule has 1 aliphatic rings. The lowest BCUT2D eigenvalue weighted by molar-refractivity contribution is 0.102. The molecule has 5 nitrogen and oxygen atoms in total. The number of amides is 1. The van der Waals surface area contributed by atoms with Gasteiger partial charge in [-0.1, -0.05) is 41.7 Å². The Balaban J connectivity index is 1.24. The fourth-order valence-corrected chi connectivity index (χ4v) is 4.83. The number of ether oxygens (including phenoxy) is 2.